The SMILES string of the molecule is C=CC(=O)O/C(O)=C(\O)C(CCCCCCCCC)OC(=O)C=C. The monoisotopic (exact) mass is 340 g/mol. The highest BCUT2D eigenvalue weighted by Crippen LogP contribution is 2.18. The summed E-state index contributed by atoms with van der Waals surface area (Å²) in [4.78, 5) is 22.4. The Morgan fingerprint density at radius 3 is 2.04 bits per heavy atom. The van der Waals surface area contributed by atoms with Gasteiger partial charge in [0.25, 0.3) is 0 Å². The molecule has 136 valence electrons. The predicted molar refractivity (Wildman–Crippen MR) is 91.3 cm³/mol. The highest BCUT2D eigenvalue weighted by atomic mass is 16.6. The van der Waals surface area contributed by atoms with Crippen LogP contribution in [-0.2, 0) is 19.1 Å². The minimum atomic E-state index is -1.09. The first-order valence-electron chi connectivity index (χ1n) is 8.25. The van der Waals surface area contributed by atoms with Crippen LogP contribution >= 0.6 is 0 Å². The van der Waals surface area contributed by atoms with Crippen molar-refractivity contribution >= 4 is 11.9 Å². The molecular formula is C18H28O6. The minimum Gasteiger partial charge on any atom is -0.503 e. The second-order valence-corrected chi connectivity index (χ2v) is 5.36. The van der Waals surface area contributed by atoms with Crippen LogP contribution in [0.15, 0.2) is 37.0 Å². The lowest BCUT2D eigenvalue weighted by molar-refractivity contribution is -0.144. The molecule has 0 aliphatic carbocycles. The first-order valence-corrected chi connectivity index (χ1v) is 8.25. The van der Waals surface area contributed by atoms with Gasteiger partial charge in [-0.25, -0.2) is 9.59 Å². The fraction of sp³-hybridized carbons (Fsp3) is 0.556. The number of hydrogen-bond acceptors (Lipinski definition) is 6. The van der Waals surface area contributed by atoms with Gasteiger partial charge in [0.2, 0.25) is 5.76 Å². The second-order valence-electron chi connectivity index (χ2n) is 5.36. The molecule has 1 atom stereocenters. The van der Waals surface area contributed by atoms with E-state index in [0.29, 0.717) is 12.8 Å². The highest BCUT2D eigenvalue weighted by Gasteiger charge is 2.23. The number of carbonyl (C=O) groups excluding carboxylic acids is 2. The Bertz CT molecular complexity index is 452. The molecule has 1 unspecified atom stereocenters. The van der Waals surface area contributed by atoms with Gasteiger partial charge in [-0.1, -0.05) is 58.6 Å². The van der Waals surface area contributed by atoms with E-state index >= 15 is 0 Å². The van der Waals surface area contributed by atoms with Gasteiger partial charge < -0.3 is 19.7 Å². The molecule has 0 bridgehead atoms. The molecule has 0 amide bonds. The molecule has 0 aliphatic heterocycles. The van der Waals surface area contributed by atoms with Crippen LogP contribution in [0.3, 0.4) is 0 Å². The maximum Gasteiger partial charge on any atom is 0.338 e. The number of ether oxygens (including phenoxy) is 2. The zero-order valence-corrected chi connectivity index (χ0v) is 14.3. The highest BCUT2D eigenvalue weighted by molar-refractivity contribution is 5.82. The Morgan fingerprint density at radius 2 is 1.50 bits per heavy atom. The number of hydrogen-bond donors (Lipinski definition) is 2. The van der Waals surface area contributed by atoms with Crippen LogP contribution in [0.25, 0.3) is 0 Å². The summed E-state index contributed by atoms with van der Waals surface area (Å²) in [6.07, 6.45) is 8.36. The first-order chi connectivity index (χ1) is 11.5. The van der Waals surface area contributed by atoms with Gasteiger partial charge in [-0.3, -0.25) is 0 Å². The lowest BCUT2D eigenvalue weighted by Crippen LogP contribution is -2.22. The smallest absolute Gasteiger partial charge is 0.338 e. The fourth-order valence-corrected chi connectivity index (χ4v) is 2.05. The van der Waals surface area contributed by atoms with Gasteiger partial charge in [-0.15, -0.1) is 0 Å². The normalized spacial score (nSPS) is 12.7. The van der Waals surface area contributed by atoms with Crippen LogP contribution in [0.1, 0.15) is 58.3 Å². The Morgan fingerprint density at radius 1 is 0.958 bits per heavy atom. The van der Waals surface area contributed by atoms with Gasteiger partial charge in [0.1, 0.15) is 0 Å². The van der Waals surface area contributed by atoms with Crippen molar-refractivity contribution in [1.82, 2.24) is 0 Å². The van der Waals surface area contributed by atoms with E-state index in [-0.39, 0.29) is 0 Å². The number of aliphatic hydroxyl groups is 2. The van der Waals surface area contributed by atoms with Crippen LogP contribution in [0.5, 0.6) is 0 Å². The summed E-state index contributed by atoms with van der Waals surface area (Å²) in [5.41, 5.74) is 0. The maximum absolute atomic E-state index is 11.4. The first kappa shape index (κ1) is 21.8. The van der Waals surface area contributed by atoms with Crippen LogP contribution in [0.2, 0.25) is 0 Å². The summed E-state index contributed by atoms with van der Waals surface area (Å²) >= 11 is 0. The van der Waals surface area contributed by atoms with Crippen molar-refractivity contribution in [2.24, 2.45) is 0 Å². The molecule has 0 saturated carbocycles. The van der Waals surface area contributed by atoms with E-state index in [0.717, 1.165) is 31.4 Å². The van der Waals surface area contributed by atoms with Crippen molar-refractivity contribution in [2.75, 3.05) is 0 Å². The fourth-order valence-electron chi connectivity index (χ4n) is 2.05. The van der Waals surface area contributed by atoms with Gasteiger partial charge >= 0.3 is 17.9 Å². The lowest BCUT2D eigenvalue weighted by Gasteiger charge is -2.17. The van der Waals surface area contributed by atoms with Crippen molar-refractivity contribution in [3.63, 3.8) is 0 Å². The molecule has 0 saturated heterocycles. The van der Waals surface area contributed by atoms with E-state index in [1.807, 2.05) is 0 Å². The van der Waals surface area contributed by atoms with Crippen LogP contribution in [-0.4, -0.2) is 28.3 Å². The molecule has 0 aliphatic rings. The molecule has 0 radical (unpaired) electrons. The summed E-state index contributed by atoms with van der Waals surface area (Å²) in [6, 6.07) is 0. The Kier molecular flexibility index (Phi) is 12.0. The van der Waals surface area contributed by atoms with Gasteiger partial charge in [0.15, 0.2) is 6.10 Å². The molecule has 2 N–H and O–H groups in total. The molecule has 0 fully saturated rings. The van der Waals surface area contributed by atoms with E-state index in [4.69, 9.17) is 4.74 Å². The third kappa shape index (κ3) is 9.71. The topological polar surface area (TPSA) is 93.1 Å². The largest absolute Gasteiger partial charge is 0.503 e. The van der Waals surface area contributed by atoms with Gasteiger partial charge in [0, 0.05) is 12.2 Å². The Hall–Kier alpha value is -2.24. The molecule has 0 aromatic rings. The zero-order valence-electron chi connectivity index (χ0n) is 14.3. The Balaban J connectivity index is 4.59. The third-order valence-corrected chi connectivity index (χ3v) is 3.38. The average molecular weight is 340 g/mol. The van der Waals surface area contributed by atoms with E-state index < -0.39 is 29.7 Å². The van der Waals surface area contributed by atoms with Crippen molar-refractivity contribution in [3.05, 3.63) is 37.0 Å². The van der Waals surface area contributed by atoms with Gasteiger partial charge in [-0.2, -0.15) is 0 Å². The van der Waals surface area contributed by atoms with Crippen LogP contribution in [0.4, 0.5) is 0 Å². The summed E-state index contributed by atoms with van der Waals surface area (Å²) in [7, 11) is 0. The van der Waals surface area contributed by atoms with Crippen LogP contribution < -0.4 is 0 Å². The number of carbonyl (C=O) groups is 2. The van der Waals surface area contributed by atoms with E-state index in [9.17, 15) is 19.8 Å². The molecule has 0 aromatic carbocycles. The number of aliphatic hydroxyl groups excluding tert-OH is 2. The summed E-state index contributed by atoms with van der Waals surface area (Å²) in [5, 5.41) is 19.5. The standard InChI is InChI=1S/C18H28O6/c1-4-7-8-9-10-11-12-13-14(23-15(19)5-2)17(21)18(22)24-16(20)6-3/h5-6,14,21-22H,2-4,7-13H2,1H3/b18-17-. The summed E-state index contributed by atoms with van der Waals surface area (Å²) < 4.78 is 9.44. The number of unbranched alkanes of at least 4 members (excludes halogenated alkanes) is 6. The van der Waals surface area contributed by atoms with Crippen molar-refractivity contribution in [3.8, 4) is 0 Å². The summed E-state index contributed by atoms with van der Waals surface area (Å²) in [5.74, 6) is -3.36. The summed E-state index contributed by atoms with van der Waals surface area (Å²) in [6.45, 7) is 8.62. The molecule has 6 nitrogen and oxygen atoms in total. The van der Waals surface area contributed by atoms with E-state index in [1.165, 1.54) is 19.3 Å². The Labute approximate surface area is 143 Å². The molecular weight excluding hydrogens is 312 g/mol. The van der Waals surface area contributed by atoms with E-state index in [1.54, 1.807) is 0 Å². The maximum atomic E-state index is 11.4. The minimum absolute atomic E-state index is 0.300. The van der Waals surface area contributed by atoms with Crippen LogP contribution in [0, 0.1) is 0 Å². The quantitative estimate of drug-likeness (QED) is 0.225. The molecule has 24 heavy (non-hydrogen) atoms. The molecule has 0 spiro atoms. The molecule has 6 heteroatoms. The number of rotatable bonds is 13. The number of esters is 2. The average Bonchev–Trinajstić information content (AvgIpc) is 2.58. The second kappa shape index (κ2) is 13.2. The zero-order chi connectivity index (χ0) is 18.4. The third-order valence-electron chi connectivity index (χ3n) is 3.38. The van der Waals surface area contributed by atoms with Crippen molar-refractivity contribution < 1.29 is 29.3 Å². The molecule has 0 aromatic heterocycles. The van der Waals surface area contributed by atoms with E-state index in [2.05, 4.69) is 24.8 Å². The predicted octanol–water partition coefficient (Wildman–Crippen LogP) is 4.24. The molecule has 0 heterocycles. The molecule has 0 rings (SSSR count). The lowest BCUT2D eigenvalue weighted by atomic mass is 10.1. The van der Waals surface area contributed by atoms with Crippen molar-refractivity contribution in [2.45, 2.75) is 64.4 Å². The van der Waals surface area contributed by atoms with Crippen molar-refractivity contribution in [1.29, 1.82) is 0 Å². The van der Waals surface area contributed by atoms with Gasteiger partial charge in [-0.05, 0) is 12.8 Å². The van der Waals surface area contributed by atoms with Gasteiger partial charge in [0.05, 0.1) is 0 Å².